The summed E-state index contributed by atoms with van der Waals surface area (Å²) in [5.41, 5.74) is 2.17. The first-order valence-corrected chi connectivity index (χ1v) is 4.82. The van der Waals surface area contributed by atoms with E-state index in [2.05, 4.69) is 16.2 Å². The molecule has 4 nitrogen and oxygen atoms in total. The number of aromatic nitrogens is 3. The van der Waals surface area contributed by atoms with Crippen LogP contribution in [0.2, 0.25) is 0 Å². The summed E-state index contributed by atoms with van der Waals surface area (Å²) in [6, 6.07) is 7.54. The van der Waals surface area contributed by atoms with Gasteiger partial charge in [0.25, 0.3) is 0 Å². The largest absolute Gasteiger partial charge is 0.223 e. The van der Waals surface area contributed by atoms with E-state index >= 15 is 0 Å². The Kier molecular flexibility index (Phi) is 2.66. The van der Waals surface area contributed by atoms with Crippen LogP contribution in [0.25, 0.3) is 5.69 Å². The lowest BCUT2D eigenvalue weighted by Crippen LogP contribution is -1.98. The zero-order valence-corrected chi connectivity index (χ0v) is 8.52. The molecule has 0 N–H and O–H groups in total. The lowest BCUT2D eigenvalue weighted by Gasteiger charge is -2.04. The van der Waals surface area contributed by atoms with Crippen molar-refractivity contribution < 1.29 is 0 Å². The van der Waals surface area contributed by atoms with Crippen LogP contribution in [0.3, 0.4) is 0 Å². The second-order valence-electron chi connectivity index (χ2n) is 2.94. The smallest absolute Gasteiger partial charge is 0.138 e. The molecule has 1 heterocycles. The third-order valence-electron chi connectivity index (χ3n) is 2.00. The van der Waals surface area contributed by atoms with E-state index in [0.717, 1.165) is 5.56 Å². The van der Waals surface area contributed by atoms with Crippen molar-refractivity contribution in [1.82, 2.24) is 14.8 Å². The first-order chi connectivity index (χ1) is 7.35. The third kappa shape index (κ3) is 1.83. The van der Waals surface area contributed by atoms with E-state index in [9.17, 15) is 0 Å². The fourth-order valence-electron chi connectivity index (χ4n) is 1.29. The molecule has 0 spiro atoms. The Morgan fingerprint density at radius 1 is 1.47 bits per heavy atom. The number of hydrogen-bond donors (Lipinski definition) is 0. The quantitative estimate of drug-likeness (QED) is 0.724. The summed E-state index contributed by atoms with van der Waals surface area (Å²) in [6.07, 6.45) is 2.98. The molecule has 0 saturated carbocycles. The Labute approximate surface area is 91.7 Å². The van der Waals surface area contributed by atoms with Gasteiger partial charge < -0.3 is 0 Å². The van der Waals surface area contributed by atoms with Gasteiger partial charge in [0, 0.05) is 5.88 Å². The van der Waals surface area contributed by atoms with Crippen molar-refractivity contribution in [3.63, 3.8) is 0 Å². The van der Waals surface area contributed by atoms with E-state index in [-0.39, 0.29) is 0 Å². The van der Waals surface area contributed by atoms with Gasteiger partial charge in [0.2, 0.25) is 0 Å². The van der Waals surface area contributed by atoms with Crippen LogP contribution in [0.15, 0.2) is 30.9 Å². The predicted octanol–water partition coefficient (Wildman–Crippen LogP) is 1.88. The highest BCUT2D eigenvalue weighted by atomic mass is 35.5. The van der Waals surface area contributed by atoms with Crippen molar-refractivity contribution in [3.8, 4) is 11.8 Å². The summed E-state index contributed by atoms with van der Waals surface area (Å²) in [4.78, 5) is 3.83. The topological polar surface area (TPSA) is 54.5 Å². The van der Waals surface area contributed by atoms with Gasteiger partial charge in [-0.2, -0.15) is 10.4 Å². The molecule has 74 valence electrons. The van der Waals surface area contributed by atoms with Crippen LogP contribution in [0.4, 0.5) is 0 Å². The van der Waals surface area contributed by atoms with Gasteiger partial charge in [-0.3, -0.25) is 0 Å². The van der Waals surface area contributed by atoms with Crippen molar-refractivity contribution in [3.05, 3.63) is 42.0 Å². The predicted molar refractivity (Wildman–Crippen MR) is 55.6 cm³/mol. The highest BCUT2D eigenvalue weighted by Crippen LogP contribution is 2.15. The van der Waals surface area contributed by atoms with Gasteiger partial charge in [-0.15, -0.1) is 11.6 Å². The number of hydrogen-bond acceptors (Lipinski definition) is 3. The lowest BCUT2D eigenvalue weighted by molar-refractivity contribution is 0.875. The highest BCUT2D eigenvalue weighted by Gasteiger charge is 2.05. The van der Waals surface area contributed by atoms with Gasteiger partial charge in [0.05, 0.1) is 11.3 Å². The van der Waals surface area contributed by atoms with Gasteiger partial charge in [-0.25, -0.2) is 9.67 Å². The lowest BCUT2D eigenvalue weighted by atomic mass is 10.1. The van der Waals surface area contributed by atoms with Crippen molar-refractivity contribution in [1.29, 1.82) is 5.26 Å². The van der Waals surface area contributed by atoms with Crippen LogP contribution < -0.4 is 0 Å². The van der Waals surface area contributed by atoms with Gasteiger partial charge in [0.1, 0.15) is 18.7 Å². The standard InChI is InChI=1S/C10H7ClN4/c11-4-8-1-2-10(9(3-8)5-12)15-7-13-6-14-15/h1-3,6-7H,4H2. The monoisotopic (exact) mass is 218 g/mol. The SMILES string of the molecule is N#Cc1cc(CCl)ccc1-n1cncn1. The number of rotatable bonds is 2. The zero-order valence-electron chi connectivity index (χ0n) is 7.76. The maximum atomic E-state index is 8.98. The minimum Gasteiger partial charge on any atom is -0.223 e. The minimum absolute atomic E-state index is 0.395. The molecule has 0 fully saturated rings. The molecule has 15 heavy (non-hydrogen) atoms. The molecule has 5 heteroatoms. The molecule has 0 aliphatic heterocycles. The highest BCUT2D eigenvalue weighted by molar-refractivity contribution is 6.17. The summed E-state index contributed by atoms with van der Waals surface area (Å²) in [5, 5.41) is 13.0. The van der Waals surface area contributed by atoms with Crippen molar-refractivity contribution in [2.24, 2.45) is 0 Å². The maximum absolute atomic E-state index is 8.98. The normalized spacial score (nSPS) is 9.87. The molecular weight excluding hydrogens is 212 g/mol. The Balaban J connectivity index is 2.54. The average Bonchev–Trinajstić information content (AvgIpc) is 2.81. The average molecular weight is 219 g/mol. The fourth-order valence-corrected chi connectivity index (χ4v) is 1.45. The molecule has 2 aromatic rings. The van der Waals surface area contributed by atoms with Crippen LogP contribution in [0.1, 0.15) is 11.1 Å². The van der Waals surface area contributed by atoms with Crippen molar-refractivity contribution in [2.75, 3.05) is 0 Å². The van der Waals surface area contributed by atoms with E-state index in [4.69, 9.17) is 16.9 Å². The van der Waals surface area contributed by atoms with Gasteiger partial charge in [-0.1, -0.05) is 6.07 Å². The summed E-state index contributed by atoms with van der Waals surface area (Å²) in [5.74, 6) is 0.395. The molecule has 1 aromatic heterocycles. The fraction of sp³-hybridized carbons (Fsp3) is 0.100. The number of benzene rings is 1. The Bertz CT molecular complexity index is 499. The molecule has 0 radical (unpaired) electrons. The van der Waals surface area contributed by atoms with Gasteiger partial charge >= 0.3 is 0 Å². The molecular formula is C10H7ClN4. The summed E-state index contributed by atoms with van der Waals surface area (Å²) < 4.78 is 1.55. The van der Waals surface area contributed by atoms with Crippen LogP contribution >= 0.6 is 11.6 Å². The van der Waals surface area contributed by atoms with Crippen LogP contribution in [0.5, 0.6) is 0 Å². The number of halogens is 1. The minimum atomic E-state index is 0.395. The first kappa shape index (κ1) is 9.69. The second-order valence-corrected chi connectivity index (χ2v) is 3.20. The zero-order chi connectivity index (χ0) is 10.7. The molecule has 1 aromatic carbocycles. The van der Waals surface area contributed by atoms with Gasteiger partial charge in [-0.05, 0) is 17.7 Å². The van der Waals surface area contributed by atoms with E-state index < -0.39 is 0 Å². The molecule has 0 unspecified atom stereocenters. The molecule has 2 rings (SSSR count). The van der Waals surface area contributed by atoms with Crippen LogP contribution in [-0.4, -0.2) is 14.8 Å². The summed E-state index contributed by atoms with van der Waals surface area (Å²) in [6.45, 7) is 0. The summed E-state index contributed by atoms with van der Waals surface area (Å²) in [7, 11) is 0. The Morgan fingerprint density at radius 3 is 2.93 bits per heavy atom. The first-order valence-electron chi connectivity index (χ1n) is 4.29. The van der Waals surface area contributed by atoms with Crippen LogP contribution in [0, 0.1) is 11.3 Å². The Morgan fingerprint density at radius 2 is 2.33 bits per heavy atom. The number of nitriles is 1. The van der Waals surface area contributed by atoms with Gasteiger partial charge in [0.15, 0.2) is 0 Å². The molecule has 0 saturated heterocycles. The molecule has 0 bridgehead atoms. The molecule has 0 aliphatic carbocycles. The molecule has 0 amide bonds. The maximum Gasteiger partial charge on any atom is 0.138 e. The van der Waals surface area contributed by atoms with E-state index in [1.165, 1.54) is 6.33 Å². The molecule has 0 aliphatic rings. The van der Waals surface area contributed by atoms with Crippen molar-refractivity contribution in [2.45, 2.75) is 5.88 Å². The van der Waals surface area contributed by atoms with Crippen molar-refractivity contribution >= 4 is 11.6 Å². The third-order valence-corrected chi connectivity index (χ3v) is 2.31. The van der Waals surface area contributed by atoms with E-state index in [0.29, 0.717) is 17.1 Å². The summed E-state index contributed by atoms with van der Waals surface area (Å²) >= 11 is 5.69. The van der Waals surface area contributed by atoms with E-state index in [1.54, 1.807) is 17.1 Å². The second kappa shape index (κ2) is 4.11. The number of alkyl halides is 1. The van der Waals surface area contributed by atoms with Crippen LogP contribution in [-0.2, 0) is 5.88 Å². The molecule has 0 atom stereocenters. The van der Waals surface area contributed by atoms with E-state index in [1.807, 2.05) is 12.1 Å². The Hall–Kier alpha value is -1.86. The number of nitrogens with zero attached hydrogens (tertiary/aromatic N) is 4.